The Morgan fingerprint density at radius 2 is 1.73 bits per heavy atom. The molecule has 1 aromatic heterocycles. The van der Waals surface area contributed by atoms with Gasteiger partial charge in [-0.2, -0.15) is 0 Å². The molecule has 0 aliphatic rings. The molecule has 0 radical (unpaired) electrons. The first-order valence-electron chi connectivity index (χ1n) is 4.56. The molecule has 2 aromatic rings. The van der Waals surface area contributed by atoms with E-state index in [1.807, 2.05) is 37.3 Å². The fourth-order valence-electron chi connectivity index (χ4n) is 1.39. The van der Waals surface area contributed by atoms with Crippen LogP contribution in [0.4, 0.5) is 0 Å². The minimum atomic E-state index is 0.553. The summed E-state index contributed by atoms with van der Waals surface area (Å²) >= 11 is 12.1. The van der Waals surface area contributed by atoms with Crippen molar-refractivity contribution in [3.8, 4) is 11.3 Å². The molecule has 0 bridgehead atoms. The predicted molar refractivity (Wildman–Crippen MR) is 64.4 cm³/mol. The molecule has 1 aromatic carbocycles. The Hall–Kier alpha value is -1.05. The van der Waals surface area contributed by atoms with Crippen LogP contribution in [0, 0.1) is 6.92 Å². The van der Waals surface area contributed by atoms with Crippen molar-refractivity contribution < 1.29 is 0 Å². The molecule has 0 aliphatic heterocycles. The smallest absolute Gasteiger partial charge is 0.0720 e. The molecule has 0 saturated heterocycles. The SMILES string of the molecule is Cc1cccc(-c2cccc(Cl)c2Cl)n1. The largest absolute Gasteiger partial charge is 0.253 e. The predicted octanol–water partition coefficient (Wildman–Crippen LogP) is 4.36. The lowest BCUT2D eigenvalue weighted by Gasteiger charge is -2.05. The first kappa shape index (κ1) is 10.5. The standard InChI is InChI=1S/C12H9Cl2N/c1-8-4-2-7-11(15-8)9-5-3-6-10(13)12(9)14/h2-7H,1H3. The Bertz CT molecular complexity index is 495. The maximum atomic E-state index is 6.11. The van der Waals surface area contributed by atoms with Crippen molar-refractivity contribution in [1.82, 2.24) is 4.98 Å². The molecule has 15 heavy (non-hydrogen) atoms. The number of pyridine rings is 1. The Morgan fingerprint density at radius 1 is 1.00 bits per heavy atom. The molecule has 2 rings (SSSR count). The lowest BCUT2D eigenvalue weighted by molar-refractivity contribution is 1.21. The molecule has 0 fully saturated rings. The van der Waals surface area contributed by atoms with Gasteiger partial charge in [-0.25, -0.2) is 0 Å². The van der Waals surface area contributed by atoms with Crippen LogP contribution in [-0.4, -0.2) is 4.98 Å². The van der Waals surface area contributed by atoms with Gasteiger partial charge in [-0.3, -0.25) is 4.98 Å². The van der Waals surface area contributed by atoms with Crippen LogP contribution >= 0.6 is 23.2 Å². The number of rotatable bonds is 1. The molecule has 0 unspecified atom stereocenters. The number of halogens is 2. The minimum absolute atomic E-state index is 0.553. The average molecular weight is 238 g/mol. The molecule has 0 saturated carbocycles. The maximum absolute atomic E-state index is 6.11. The van der Waals surface area contributed by atoms with E-state index in [1.165, 1.54) is 0 Å². The highest BCUT2D eigenvalue weighted by Crippen LogP contribution is 2.32. The fraction of sp³-hybridized carbons (Fsp3) is 0.0833. The quantitative estimate of drug-likeness (QED) is 0.719. The van der Waals surface area contributed by atoms with E-state index in [0.29, 0.717) is 10.0 Å². The second-order valence-corrected chi connectivity index (χ2v) is 4.05. The molecular formula is C12H9Cl2N. The molecule has 0 N–H and O–H groups in total. The van der Waals surface area contributed by atoms with E-state index < -0.39 is 0 Å². The van der Waals surface area contributed by atoms with Gasteiger partial charge in [0.2, 0.25) is 0 Å². The molecule has 1 nitrogen and oxygen atoms in total. The first-order valence-corrected chi connectivity index (χ1v) is 5.32. The first-order chi connectivity index (χ1) is 7.18. The van der Waals surface area contributed by atoms with Crippen molar-refractivity contribution in [3.63, 3.8) is 0 Å². The van der Waals surface area contributed by atoms with Crippen LogP contribution in [0.3, 0.4) is 0 Å². The van der Waals surface area contributed by atoms with E-state index in [0.717, 1.165) is 17.0 Å². The molecule has 3 heteroatoms. The maximum Gasteiger partial charge on any atom is 0.0720 e. The number of aryl methyl sites for hydroxylation is 1. The highest BCUT2D eigenvalue weighted by molar-refractivity contribution is 6.43. The number of nitrogens with zero attached hydrogens (tertiary/aromatic N) is 1. The normalized spacial score (nSPS) is 10.3. The van der Waals surface area contributed by atoms with Gasteiger partial charge in [-0.1, -0.05) is 41.4 Å². The van der Waals surface area contributed by atoms with Gasteiger partial charge < -0.3 is 0 Å². The van der Waals surface area contributed by atoms with Gasteiger partial charge in [0.1, 0.15) is 0 Å². The van der Waals surface area contributed by atoms with E-state index >= 15 is 0 Å². The van der Waals surface area contributed by atoms with E-state index in [4.69, 9.17) is 23.2 Å². The van der Waals surface area contributed by atoms with Crippen LogP contribution in [0.5, 0.6) is 0 Å². The summed E-state index contributed by atoms with van der Waals surface area (Å²) in [6.45, 7) is 1.95. The van der Waals surface area contributed by atoms with Crippen molar-refractivity contribution in [2.45, 2.75) is 6.92 Å². The van der Waals surface area contributed by atoms with Crippen molar-refractivity contribution >= 4 is 23.2 Å². The van der Waals surface area contributed by atoms with Crippen LogP contribution < -0.4 is 0 Å². The second-order valence-electron chi connectivity index (χ2n) is 3.27. The van der Waals surface area contributed by atoms with Crippen molar-refractivity contribution in [1.29, 1.82) is 0 Å². The number of hydrogen-bond donors (Lipinski definition) is 0. The fourth-order valence-corrected chi connectivity index (χ4v) is 1.79. The molecule has 0 atom stereocenters. The Labute approximate surface area is 98.7 Å². The van der Waals surface area contributed by atoms with E-state index in [1.54, 1.807) is 6.07 Å². The van der Waals surface area contributed by atoms with Crippen LogP contribution in [0.1, 0.15) is 5.69 Å². The van der Waals surface area contributed by atoms with Crippen LogP contribution in [0.25, 0.3) is 11.3 Å². The van der Waals surface area contributed by atoms with Crippen molar-refractivity contribution in [2.75, 3.05) is 0 Å². The summed E-state index contributed by atoms with van der Waals surface area (Å²) in [5.74, 6) is 0. The van der Waals surface area contributed by atoms with E-state index in [2.05, 4.69) is 4.98 Å². The van der Waals surface area contributed by atoms with Gasteiger partial charge in [0.25, 0.3) is 0 Å². The van der Waals surface area contributed by atoms with E-state index in [9.17, 15) is 0 Å². The third kappa shape index (κ3) is 2.14. The lowest BCUT2D eigenvalue weighted by Crippen LogP contribution is -1.87. The summed E-state index contributed by atoms with van der Waals surface area (Å²) in [5, 5.41) is 1.11. The van der Waals surface area contributed by atoms with Crippen molar-refractivity contribution in [2.24, 2.45) is 0 Å². The van der Waals surface area contributed by atoms with Crippen LogP contribution in [-0.2, 0) is 0 Å². The van der Waals surface area contributed by atoms with Crippen molar-refractivity contribution in [3.05, 3.63) is 52.1 Å². The Kier molecular flexibility index (Phi) is 2.94. The highest BCUT2D eigenvalue weighted by Gasteiger charge is 2.07. The summed E-state index contributed by atoms with van der Waals surface area (Å²) in [6.07, 6.45) is 0. The van der Waals surface area contributed by atoms with Gasteiger partial charge >= 0.3 is 0 Å². The molecule has 0 amide bonds. The third-order valence-corrected chi connectivity index (χ3v) is 2.93. The summed E-state index contributed by atoms with van der Waals surface area (Å²) in [4.78, 5) is 4.40. The minimum Gasteiger partial charge on any atom is -0.253 e. The molecule has 0 spiro atoms. The zero-order chi connectivity index (χ0) is 10.8. The summed E-state index contributed by atoms with van der Waals surface area (Å²) in [5.41, 5.74) is 2.68. The monoisotopic (exact) mass is 237 g/mol. The topological polar surface area (TPSA) is 12.9 Å². The third-order valence-electron chi connectivity index (χ3n) is 2.12. The lowest BCUT2D eigenvalue weighted by atomic mass is 10.1. The molecule has 1 heterocycles. The zero-order valence-electron chi connectivity index (χ0n) is 8.17. The number of benzene rings is 1. The van der Waals surface area contributed by atoms with Gasteiger partial charge in [0, 0.05) is 11.3 Å². The highest BCUT2D eigenvalue weighted by atomic mass is 35.5. The van der Waals surface area contributed by atoms with Gasteiger partial charge in [-0.15, -0.1) is 0 Å². The van der Waals surface area contributed by atoms with Crippen LogP contribution in [0.2, 0.25) is 10.0 Å². The number of hydrogen-bond acceptors (Lipinski definition) is 1. The van der Waals surface area contributed by atoms with Crippen LogP contribution in [0.15, 0.2) is 36.4 Å². The zero-order valence-corrected chi connectivity index (χ0v) is 9.68. The number of aromatic nitrogens is 1. The molecular weight excluding hydrogens is 229 g/mol. The Morgan fingerprint density at radius 3 is 2.47 bits per heavy atom. The summed E-state index contributed by atoms with van der Waals surface area (Å²) in [7, 11) is 0. The van der Waals surface area contributed by atoms with E-state index in [-0.39, 0.29) is 0 Å². The van der Waals surface area contributed by atoms with Gasteiger partial charge in [-0.05, 0) is 25.1 Å². The average Bonchev–Trinajstić information content (AvgIpc) is 2.22. The summed E-state index contributed by atoms with van der Waals surface area (Å²) < 4.78 is 0. The molecule has 76 valence electrons. The van der Waals surface area contributed by atoms with Gasteiger partial charge in [0.05, 0.1) is 15.7 Å². The molecule has 0 aliphatic carbocycles. The Balaban J connectivity index is 2.59. The second kappa shape index (κ2) is 4.21. The summed E-state index contributed by atoms with van der Waals surface area (Å²) in [6, 6.07) is 11.4. The van der Waals surface area contributed by atoms with Gasteiger partial charge in [0.15, 0.2) is 0 Å².